The Morgan fingerprint density at radius 1 is 1.42 bits per heavy atom. The Hall–Kier alpha value is -3.88. The lowest BCUT2D eigenvalue weighted by Gasteiger charge is -2.09. The Labute approximate surface area is 183 Å². The molecule has 1 amide bonds. The van der Waals surface area contributed by atoms with Crippen molar-refractivity contribution in [1.29, 1.82) is 5.26 Å². The van der Waals surface area contributed by atoms with Crippen molar-refractivity contribution in [2.75, 3.05) is 16.8 Å². The second-order valence-electron chi connectivity index (χ2n) is 6.64. The number of aryl methyl sites for hydroxylation is 1. The second-order valence-corrected chi connectivity index (χ2v) is 8.05. The Morgan fingerprint density at radius 2 is 2.16 bits per heavy atom. The van der Waals surface area contributed by atoms with Gasteiger partial charge in [-0.15, -0.1) is 11.3 Å². The first kappa shape index (κ1) is 20.4. The van der Waals surface area contributed by atoms with Gasteiger partial charge in [-0.1, -0.05) is 22.3 Å². The number of carbonyl (C=O) groups is 1. The number of thiophene rings is 1. The number of H-pyrrole nitrogens is 1. The van der Waals surface area contributed by atoms with Gasteiger partial charge in [-0.2, -0.15) is 5.26 Å². The summed E-state index contributed by atoms with van der Waals surface area (Å²) in [6.07, 6.45) is 0. The van der Waals surface area contributed by atoms with Crippen LogP contribution < -0.4 is 27.1 Å². The van der Waals surface area contributed by atoms with E-state index in [-0.39, 0.29) is 38.6 Å². The van der Waals surface area contributed by atoms with Gasteiger partial charge in [0.05, 0.1) is 16.6 Å². The molecular formula is C19H15ClN7O3S+. The maximum atomic E-state index is 13.0. The van der Waals surface area contributed by atoms with Gasteiger partial charge in [0.1, 0.15) is 27.2 Å². The zero-order valence-corrected chi connectivity index (χ0v) is 17.8. The van der Waals surface area contributed by atoms with Crippen LogP contribution in [0.15, 0.2) is 27.5 Å². The molecular weight excluding hydrogens is 442 g/mol. The van der Waals surface area contributed by atoms with E-state index in [1.54, 1.807) is 25.1 Å². The van der Waals surface area contributed by atoms with E-state index in [0.29, 0.717) is 21.1 Å². The van der Waals surface area contributed by atoms with E-state index in [1.807, 2.05) is 6.07 Å². The molecule has 0 aliphatic heterocycles. The summed E-state index contributed by atoms with van der Waals surface area (Å²) in [5, 5.41) is 15.6. The lowest BCUT2D eigenvalue weighted by molar-refractivity contribution is -0.730. The van der Waals surface area contributed by atoms with Gasteiger partial charge in [-0.3, -0.25) is 9.32 Å². The fourth-order valence-corrected chi connectivity index (χ4v) is 4.40. The zero-order chi connectivity index (χ0) is 22.4. The summed E-state index contributed by atoms with van der Waals surface area (Å²) < 4.78 is 6.11. The number of rotatable bonds is 3. The van der Waals surface area contributed by atoms with Crippen molar-refractivity contribution < 1.29 is 14.0 Å². The molecule has 1 aromatic carbocycles. The van der Waals surface area contributed by atoms with E-state index in [2.05, 4.69) is 15.6 Å². The highest BCUT2D eigenvalue weighted by molar-refractivity contribution is 7.21. The zero-order valence-electron chi connectivity index (χ0n) is 16.2. The summed E-state index contributed by atoms with van der Waals surface area (Å²) in [6.45, 7) is 1.77. The highest BCUT2D eigenvalue weighted by Gasteiger charge is 2.32. The number of fused-ring (bicyclic) bond motifs is 1. The predicted octanol–water partition coefficient (Wildman–Crippen LogP) is 2.32. The van der Waals surface area contributed by atoms with Crippen LogP contribution in [0.1, 0.15) is 20.8 Å². The van der Waals surface area contributed by atoms with Gasteiger partial charge < -0.3 is 16.8 Å². The van der Waals surface area contributed by atoms with E-state index in [4.69, 9.17) is 27.6 Å². The number of hydrogen-bond donors (Lipinski definition) is 4. The van der Waals surface area contributed by atoms with Crippen LogP contribution >= 0.6 is 22.9 Å². The number of aromatic nitrogens is 3. The molecule has 0 bridgehead atoms. The number of hydrogen-bond acceptors (Lipinski definition) is 8. The molecule has 31 heavy (non-hydrogen) atoms. The predicted molar refractivity (Wildman–Crippen MR) is 117 cm³/mol. The SMILES string of the molecule is Cc1c(Cl)cccc1NC(=O)c1sc2nc(N)c(C#N)c(-c3c(=O)o[nH][n+]3C)c2c1N. The molecule has 3 aromatic heterocycles. The van der Waals surface area contributed by atoms with E-state index in [0.717, 1.165) is 11.3 Å². The summed E-state index contributed by atoms with van der Waals surface area (Å²) in [5.41, 5.74) is 13.0. The van der Waals surface area contributed by atoms with E-state index in [9.17, 15) is 14.9 Å². The molecule has 0 aliphatic rings. The second kappa shape index (κ2) is 7.42. The lowest BCUT2D eigenvalue weighted by atomic mass is 10.0. The number of halogens is 1. The minimum atomic E-state index is -0.725. The first-order valence-electron chi connectivity index (χ1n) is 8.80. The average molecular weight is 457 g/mol. The fraction of sp³-hybridized carbons (Fsp3) is 0.105. The maximum Gasteiger partial charge on any atom is 0.435 e. The van der Waals surface area contributed by atoms with E-state index in [1.165, 1.54) is 11.7 Å². The molecule has 0 fully saturated rings. The number of nitrogen functional groups attached to an aromatic ring is 2. The highest BCUT2D eigenvalue weighted by atomic mass is 35.5. The van der Waals surface area contributed by atoms with Crippen molar-refractivity contribution in [3.63, 3.8) is 0 Å². The number of nitrogens with one attached hydrogen (secondary N) is 2. The molecule has 0 atom stereocenters. The Kier molecular flexibility index (Phi) is 4.88. The van der Waals surface area contributed by atoms with E-state index >= 15 is 0 Å². The van der Waals surface area contributed by atoms with Gasteiger partial charge in [0.2, 0.25) is 0 Å². The van der Waals surface area contributed by atoms with Crippen molar-refractivity contribution in [1.82, 2.24) is 10.3 Å². The first-order valence-corrected chi connectivity index (χ1v) is 9.99. The average Bonchev–Trinajstić information content (AvgIpc) is 3.23. The molecule has 10 nitrogen and oxygen atoms in total. The number of pyridine rings is 1. The molecule has 0 aliphatic carbocycles. The molecule has 3 heterocycles. The molecule has 0 spiro atoms. The van der Waals surface area contributed by atoms with Gasteiger partial charge in [0, 0.05) is 10.7 Å². The van der Waals surface area contributed by atoms with Crippen LogP contribution in [0.4, 0.5) is 17.2 Å². The molecule has 156 valence electrons. The van der Waals surface area contributed by atoms with Gasteiger partial charge in [0.15, 0.2) is 7.05 Å². The van der Waals surface area contributed by atoms with Crippen LogP contribution in [-0.4, -0.2) is 16.2 Å². The number of benzene rings is 1. The maximum absolute atomic E-state index is 13.0. The summed E-state index contributed by atoms with van der Waals surface area (Å²) >= 11 is 7.12. The van der Waals surface area contributed by atoms with Crippen LogP contribution in [0.25, 0.3) is 21.5 Å². The third-order valence-electron chi connectivity index (χ3n) is 4.78. The first-order chi connectivity index (χ1) is 14.7. The minimum absolute atomic E-state index is 0.0257. The van der Waals surface area contributed by atoms with Crippen molar-refractivity contribution in [3.8, 4) is 17.3 Å². The van der Waals surface area contributed by atoms with Crippen molar-refractivity contribution in [2.45, 2.75) is 6.92 Å². The van der Waals surface area contributed by atoms with Crippen LogP contribution in [0.5, 0.6) is 0 Å². The van der Waals surface area contributed by atoms with Crippen molar-refractivity contribution in [2.24, 2.45) is 7.05 Å². The van der Waals surface area contributed by atoms with Crippen molar-refractivity contribution >= 4 is 56.3 Å². The molecule has 12 heteroatoms. The molecule has 0 saturated heterocycles. The largest absolute Gasteiger partial charge is 0.435 e. The molecule has 4 rings (SSSR count). The monoisotopic (exact) mass is 456 g/mol. The molecule has 0 saturated carbocycles. The van der Waals surface area contributed by atoms with Crippen LogP contribution in [0.3, 0.4) is 0 Å². The smallest absolute Gasteiger partial charge is 0.397 e. The number of aromatic amines is 1. The molecule has 0 radical (unpaired) electrons. The highest BCUT2D eigenvalue weighted by Crippen LogP contribution is 2.41. The normalized spacial score (nSPS) is 10.9. The Bertz CT molecular complexity index is 1480. The van der Waals surface area contributed by atoms with Gasteiger partial charge in [-0.25, -0.2) is 9.78 Å². The summed E-state index contributed by atoms with van der Waals surface area (Å²) in [6, 6.07) is 7.09. The third kappa shape index (κ3) is 3.18. The Morgan fingerprint density at radius 3 is 2.81 bits per heavy atom. The number of nitrogens with two attached hydrogens (primary N) is 2. The summed E-state index contributed by atoms with van der Waals surface area (Å²) in [7, 11) is 1.53. The molecule has 0 unspecified atom stereocenters. The summed E-state index contributed by atoms with van der Waals surface area (Å²) in [4.78, 5) is 30.0. The third-order valence-corrected chi connectivity index (χ3v) is 6.29. The Balaban J connectivity index is 1.95. The fourth-order valence-electron chi connectivity index (χ4n) is 3.22. The molecule has 4 aromatic rings. The van der Waals surface area contributed by atoms with Gasteiger partial charge in [0.25, 0.3) is 5.91 Å². The molecule has 6 N–H and O–H groups in total. The van der Waals surface area contributed by atoms with E-state index < -0.39 is 11.5 Å². The van der Waals surface area contributed by atoms with Crippen LogP contribution in [-0.2, 0) is 7.05 Å². The number of carbonyl (C=O) groups excluding carboxylic acids is 1. The van der Waals surface area contributed by atoms with Crippen molar-refractivity contribution in [3.05, 3.63) is 49.6 Å². The minimum Gasteiger partial charge on any atom is -0.397 e. The lowest BCUT2D eigenvalue weighted by Crippen LogP contribution is -2.34. The number of nitrogens with zero attached hydrogens (tertiary/aromatic N) is 3. The van der Waals surface area contributed by atoms with Crippen LogP contribution in [0.2, 0.25) is 5.02 Å². The van der Waals surface area contributed by atoms with Gasteiger partial charge in [-0.05, 0) is 29.9 Å². The topological polar surface area (TPSA) is 168 Å². The van der Waals surface area contributed by atoms with Crippen LogP contribution in [0, 0.1) is 18.3 Å². The summed E-state index contributed by atoms with van der Waals surface area (Å²) in [5.74, 6) is -0.580. The van der Waals surface area contributed by atoms with Gasteiger partial charge >= 0.3 is 11.3 Å². The number of anilines is 3. The quantitative estimate of drug-likeness (QED) is 0.343. The number of nitriles is 1. The standard InChI is InChI=1S/C19H14ClN7O3S/c1-7-9(20)4-3-5-10(7)24-17(28)15-13(22)12-11(14-19(29)30-26-27(14)2)8(6-21)16(23)25-18(12)31-15/h3-5H,1-2H3,(H5-,22,23,24,25,26,28,29)/p+1. The number of amides is 1.